The Morgan fingerprint density at radius 3 is 1.87 bits per heavy atom. The van der Waals surface area contributed by atoms with Gasteiger partial charge in [-0.1, -0.05) is 144 Å². The molecule has 1 atom stereocenters. The molecule has 1 heteroatoms. The smallest absolute Gasteiger partial charge is 0.0387 e. The van der Waals surface area contributed by atoms with Crippen molar-refractivity contribution in [2.75, 3.05) is 5.32 Å². The van der Waals surface area contributed by atoms with Gasteiger partial charge < -0.3 is 5.32 Å². The van der Waals surface area contributed by atoms with Crippen molar-refractivity contribution in [3.8, 4) is 11.1 Å². The van der Waals surface area contributed by atoms with Crippen LogP contribution in [-0.2, 0) is 10.8 Å². The summed E-state index contributed by atoms with van der Waals surface area (Å²) in [6, 6.07) is 44.8. The first-order valence-electron chi connectivity index (χ1n) is 16.6. The first-order chi connectivity index (χ1) is 22.2. The highest BCUT2D eigenvalue weighted by Gasteiger charge is 2.40. The van der Waals surface area contributed by atoms with Gasteiger partial charge in [-0.15, -0.1) is 0 Å². The minimum Gasteiger partial charge on any atom is -0.356 e. The molecule has 6 aromatic carbocycles. The minimum absolute atomic E-state index is 0.0940. The van der Waals surface area contributed by atoms with Gasteiger partial charge in [-0.05, 0) is 102 Å². The Kier molecular flexibility index (Phi) is 6.58. The lowest BCUT2D eigenvalue weighted by Crippen LogP contribution is -2.17. The van der Waals surface area contributed by atoms with Crippen molar-refractivity contribution in [2.45, 2.75) is 57.8 Å². The molecule has 0 heterocycles. The Balaban J connectivity index is 1.20. The molecule has 0 radical (unpaired) electrons. The van der Waals surface area contributed by atoms with E-state index in [1.54, 1.807) is 0 Å². The van der Waals surface area contributed by atoms with Gasteiger partial charge in [0.25, 0.3) is 0 Å². The second-order valence-electron chi connectivity index (χ2n) is 14.6. The number of rotatable bonds is 4. The SMILES string of the molecule is CC(C)(C)c1ccc(Nc2ccc3c(c2)C(C)(C)C2=CC(c4c5ccccc5c(-c5ccccc5)c5ccccc45)CC=C23)cc1. The minimum atomic E-state index is -0.0940. The summed E-state index contributed by atoms with van der Waals surface area (Å²) in [6.45, 7) is 11.6. The summed E-state index contributed by atoms with van der Waals surface area (Å²) in [7, 11) is 0. The Bertz CT molecular complexity index is 2130. The van der Waals surface area contributed by atoms with Crippen LogP contribution in [0, 0.1) is 0 Å². The maximum Gasteiger partial charge on any atom is 0.0387 e. The molecule has 46 heavy (non-hydrogen) atoms. The lowest BCUT2D eigenvalue weighted by Gasteiger charge is -2.28. The van der Waals surface area contributed by atoms with E-state index in [0.29, 0.717) is 5.92 Å². The molecule has 1 N–H and O–H groups in total. The van der Waals surface area contributed by atoms with Gasteiger partial charge in [0.15, 0.2) is 0 Å². The van der Waals surface area contributed by atoms with Crippen LogP contribution in [0.4, 0.5) is 11.4 Å². The fraction of sp³-hybridized carbons (Fsp3) is 0.200. The normalized spacial score (nSPS) is 16.9. The van der Waals surface area contributed by atoms with Gasteiger partial charge in [0.1, 0.15) is 0 Å². The molecule has 2 aliphatic carbocycles. The van der Waals surface area contributed by atoms with Crippen LogP contribution in [0.2, 0.25) is 0 Å². The Hall–Kier alpha value is -4.88. The van der Waals surface area contributed by atoms with Gasteiger partial charge in [-0.3, -0.25) is 0 Å². The third-order valence-electron chi connectivity index (χ3n) is 10.3. The molecule has 0 saturated carbocycles. The first-order valence-corrected chi connectivity index (χ1v) is 16.6. The van der Waals surface area contributed by atoms with E-state index in [0.717, 1.165) is 17.8 Å². The topological polar surface area (TPSA) is 12.0 Å². The molecule has 2 aliphatic rings. The Morgan fingerprint density at radius 1 is 0.652 bits per heavy atom. The van der Waals surface area contributed by atoms with Crippen molar-refractivity contribution in [1.82, 2.24) is 0 Å². The van der Waals surface area contributed by atoms with Crippen molar-refractivity contribution < 1.29 is 0 Å². The molecule has 8 rings (SSSR count). The van der Waals surface area contributed by atoms with Gasteiger partial charge >= 0.3 is 0 Å². The summed E-state index contributed by atoms with van der Waals surface area (Å²) in [5.74, 6) is 0.297. The predicted octanol–water partition coefficient (Wildman–Crippen LogP) is 12.5. The van der Waals surface area contributed by atoms with E-state index in [1.807, 2.05) is 0 Å². The van der Waals surface area contributed by atoms with Crippen LogP contribution in [0.3, 0.4) is 0 Å². The van der Waals surface area contributed by atoms with Crippen LogP contribution in [0.5, 0.6) is 0 Å². The zero-order valence-electron chi connectivity index (χ0n) is 27.5. The summed E-state index contributed by atoms with van der Waals surface area (Å²) < 4.78 is 0. The number of anilines is 2. The predicted molar refractivity (Wildman–Crippen MR) is 198 cm³/mol. The number of hydrogen-bond acceptors (Lipinski definition) is 1. The summed E-state index contributed by atoms with van der Waals surface area (Å²) in [5.41, 5.74) is 13.3. The van der Waals surface area contributed by atoms with Crippen molar-refractivity contribution in [3.05, 3.63) is 161 Å². The van der Waals surface area contributed by atoms with Crippen molar-refractivity contribution in [2.24, 2.45) is 0 Å². The molecule has 0 aliphatic heterocycles. The van der Waals surface area contributed by atoms with E-state index in [9.17, 15) is 0 Å². The molecule has 0 amide bonds. The van der Waals surface area contributed by atoms with Gasteiger partial charge in [0.05, 0.1) is 0 Å². The number of hydrogen-bond donors (Lipinski definition) is 1. The van der Waals surface area contributed by atoms with Crippen LogP contribution in [0.25, 0.3) is 38.2 Å². The van der Waals surface area contributed by atoms with E-state index < -0.39 is 0 Å². The maximum atomic E-state index is 3.69. The lowest BCUT2D eigenvalue weighted by molar-refractivity contribution is 0.590. The molecule has 6 aromatic rings. The monoisotopic (exact) mass is 595 g/mol. The summed E-state index contributed by atoms with van der Waals surface area (Å²) in [5, 5.41) is 9.06. The van der Waals surface area contributed by atoms with Gasteiger partial charge in [-0.25, -0.2) is 0 Å². The fourth-order valence-corrected chi connectivity index (χ4v) is 7.93. The fourth-order valence-electron chi connectivity index (χ4n) is 7.93. The van der Waals surface area contributed by atoms with Crippen molar-refractivity contribution in [3.63, 3.8) is 0 Å². The van der Waals surface area contributed by atoms with Crippen molar-refractivity contribution in [1.29, 1.82) is 0 Å². The van der Waals surface area contributed by atoms with Crippen LogP contribution in [0.15, 0.2) is 139 Å². The Morgan fingerprint density at radius 2 is 1.24 bits per heavy atom. The van der Waals surface area contributed by atoms with Gasteiger partial charge in [0, 0.05) is 22.7 Å². The molecule has 0 spiro atoms. The highest BCUT2D eigenvalue weighted by atomic mass is 14.9. The van der Waals surface area contributed by atoms with E-state index in [-0.39, 0.29) is 10.8 Å². The van der Waals surface area contributed by atoms with Crippen LogP contribution >= 0.6 is 0 Å². The Labute approximate surface area is 273 Å². The quantitative estimate of drug-likeness (QED) is 0.200. The molecular weight excluding hydrogens is 555 g/mol. The third-order valence-corrected chi connectivity index (χ3v) is 10.3. The average Bonchev–Trinajstić information content (AvgIpc) is 3.29. The van der Waals surface area contributed by atoms with Crippen LogP contribution in [0.1, 0.15) is 69.2 Å². The summed E-state index contributed by atoms with van der Waals surface area (Å²) in [6.07, 6.45) is 6.11. The van der Waals surface area contributed by atoms with Crippen LogP contribution < -0.4 is 5.32 Å². The largest absolute Gasteiger partial charge is 0.356 e. The molecule has 0 aromatic heterocycles. The standard InChI is InChI=1S/C45H41N/c1-44(2,3)31-20-22-32(23-21-31)46-33-24-26-35-34-25-19-30(27-40(34)45(4,5)41(35)28-33)43-38-17-11-9-15-36(38)42(29-13-7-6-8-14-29)37-16-10-12-18-39(37)43/h6-18,20-28,30,46H,19H2,1-5H3. The molecule has 0 fully saturated rings. The molecule has 0 bridgehead atoms. The van der Waals surface area contributed by atoms with E-state index in [1.165, 1.54) is 66.1 Å². The van der Waals surface area contributed by atoms with E-state index in [4.69, 9.17) is 0 Å². The summed E-state index contributed by atoms with van der Waals surface area (Å²) in [4.78, 5) is 0. The van der Waals surface area contributed by atoms with Crippen LogP contribution in [-0.4, -0.2) is 0 Å². The highest BCUT2D eigenvalue weighted by Crippen LogP contribution is 2.55. The molecule has 1 unspecified atom stereocenters. The van der Waals surface area contributed by atoms with Gasteiger partial charge in [-0.2, -0.15) is 0 Å². The molecule has 0 saturated heterocycles. The van der Waals surface area contributed by atoms with Crippen molar-refractivity contribution >= 4 is 38.5 Å². The number of allylic oxidation sites excluding steroid dienone is 4. The zero-order valence-corrected chi connectivity index (χ0v) is 27.5. The highest BCUT2D eigenvalue weighted by molar-refractivity contribution is 6.15. The number of fused-ring (bicyclic) bond motifs is 5. The third kappa shape index (κ3) is 4.60. The van der Waals surface area contributed by atoms with E-state index >= 15 is 0 Å². The first kappa shape index (κ1) is 28.6. The number of benzene rings is 6. The molecule has 1 nitrogen and oxygen atoms in total. The van der Waals surface area contributed by atoms with E-state index in [2.05, 4.69) is 173 Å². The number of nitrogens with one attached hydrogen (secondary N) is 1. The maximum absolute atomic E-state index is 3.69. The summed E-state index contributed by atoms with van der Waals surface area (Å²) >= 11 is 0. The lowest BCUT2D eigenvalue weighted by atomic mass is 9.75. The second kappa shape index (κ2) is 10.6. The average molecular weight is 596 g/mol. The second-order valence-corrected chi connectivity index (χ2v) is 14.6. The molecule has 226 valence electrons. The zero-order chi connectivity index (χ0) is 31.6. The molecular formula is C45H41N. The van der Waals surface area contributed by atoms with Gasteiger partial charge in [0.2, 0.25) is 0 Å².